The number of nitrogens with zero attached hydrogens (tertiary/aromatic N) is 3. The van der Waals surface area contributed by atoms with Crippen LogP contribution in [0.1, 0.15) is 48.5 Å². The minimum Gasteiger partial charge on any atom is -0.350 e. The van der Waals surface area contributed by atoms with Gasteiger partial charge in [0, 0.05) is 24.0 Å². The molecule has 114 valence electrons. The molecule has 0 aliphatic heterocycles. The van der Waals surface area contributed by atoms with E-state index in [4.69, 9.17) is 5.73 Å². The standard InChI is InChI=1S/C16H24N4S/c1-5-12-13(10-17)16(19-18-14(12)6-2)20(4)11(3)15-8-7-9-21-15/h7-9,11H,5-6,10,17H2,1-4H3. The van der Waals surface area contributed by atoms with Gasteiger partial charge in [0.05, 0.1) is 11.7 Å². The van der Waals surface area contributed by atoms with Crippen molar-refractivity contribution < 1.29 is 0 Å². The van der Waals surface area contributed by atoms with Gasteiger partial charge in [-0.05, 0) is 36.8 Å². The van der Waals surface area contributed by atoms with Gasteiger partial charge in [0.1, 0.15) is 0 Å². The van der Waals surface area contributed by atoms with Crippen LogP contribution in [0.2, 0.25) is 0 Å². The molecule has 0 fully saturated rings. The molecule has 2 rings (SSSR count). The predicted molar refractivity (Wildman–Crippen MR) is 89.8 cm³/mol. The third kappa shape index (κ3) is 3.09. The highest BCUT2D eigenvalue weighted by Gasteiger charge is 2.20. The molecule has 4 nitrogen and oxygen atoms in total. The fourth-order valence-electron chi connectivity index (χ4n) is 2.64. The lowest BCUT2D eigenvalue weighted by molar-refractivity contribution is 0.713. The second kappa shape index (κ2) is 7.00. The fourth-order valence-corrected chi connectivity index (χ4v) is 3.47. The molecule has 0 amide bonds. The van der Waals surface area contributed by atoms with Crippen molar-refractivity contribution in [3.63, 3.8) is 0 Å². The molecule has 1 unspecified atom stereocenters. The quantitative estimate of drug-likeness (QED) is 0.889. The summed E-state index contributed by atoms with van der Waals surface area (Å²) >= 11 is 1.76. The molecule has 5 heteroatoms. The number of aromatic nitrogens is 2. The lowest BCUT2D eigenvalue weighted by Crippen LogP contribution is -2.26. The Kier molecular flexibility index (Phi) is 5.31. The van der Waals surface area contributed by atoms with Crippen LogP contribution in [-0.4, -0.2) is 17.2 Å². The normalized spacial score (nSPS) is 12.4. The Hall–Kier alpha value is -1.46. The molecule has 2 heterocycles. The minimum absolute atomic E-state index is 0.266. The SMILES string of the molecule is CCc1nnc(N(C)C(C)c2cccs2)c(CN)c1CC. The van der Waals surface area contributed by atoms with E-state index in [9.17, 15) is 0 Å². The van der Waals surface area contributed by atoms with E-state index in [-0.39, 0.29) is 6.04 Å². The van der Waals surface area contributed by atoms with E-state index >= 15 is 0 Å². The van der Waals surface area contributed by atoms with E-state index in [2.05, 4.69) is 60.4 Å². The van der Waals surface area contributed by atoms with Crippen LogP contribution in [0.5, 0.6) is 0 Å². The highest BCUT2D eigenvalue weighted by atomic mass is 32.1. The third-order valence-electron chi connectivity index (χ3n) is 4.01. The Morgan fingerprint density at radius 2 is 2.00 bits per heavy atom. The molecule has 0 aliphatic rings. The third-order valence-corrected chi connectivity index (χ3v) is 5.05. The first-order valence-corrected chi connectivity index (χ1v) is 8.35. The molecule has 2 aromatic heterocycles. The Morgan fingerprint density at radius 3 is 2.52 bits per heavy atom. The molecule has 1 atom stereocenters. The van der Waals surface area contributed by atoms with Crippen LogP contribution >= 0.6 is 11.3 Å². The molecule has 0 saturated carbocycles. The molecular formula is C16H24N4S. The summed E-state index contributed by atoms with van der Waals surface area (Å²) < 4.78 is 0. The van der Waals surface area contributed by atoms with Crippen molar-refractivity contribution in [2.24, 2.45) is 5.73 Å². The van der Waals surface area contributed by atoms with Gasteiger partial charge in [0.15, 0.2) is 5.82 Å². The van der Waals surface area contributed by atoms with Gasteiger partial charge in [-0.15, -0.1) is 16.4 Å². The number of hydrogen-bond donors (Lipinski definition) is 1. The Morgan fingerprint density at radius 1 is 1.24 bits per heavy atom. The molecule has 21 heavy (non-hydrogen) atoms. The van der Waals surface area contributed by atoms with Crippen molar-refractivity contribution in [1.82, 2.24) is 10.2 Å². The van der Waals surface area contributed by atoms with Crippen LogP contribution in [0.3, 0.4) is 0 Å². The molecular weight excluding hydrogens is 280 g/mol. The van der Waals surface area contributed by atoms with Crippen molar-refractivity contribution >= 4 is 17.2 Å². The summed E-state index contributed by atoms with van der Waals surface area (Å²) in [6.07, 6.45) is 1.84. The second-order valence-corrected chi connectivity index (χ2v) is 6.12. The molecule has 0 aromatic carbocycles. The van der Waals surface area contributed by atoms with Crippen LogP contribution in [0.4, 0.5) is 5.82 Å². The average Bonchev–Trinajstić information content (AvgIpc) is 3.06. The first-order chi connectivity index (χ1) is 10.1. The molecule has 0 spiro atoms. The molecule has 0 bridgehead atoms. The fraction of sp³-hybridized carbons (Fsp3) is 0.500. The van der Waals surface area contributed by atoms with Crippen molar-refractivity contribution in [1.29, 1.82) is 0 Å². The van der Waals surface area contributed by atoms with Crippen molar-refractivity contribution in [3.05, 3.63) is 39.2 Å². The predicted octanol–water partition coefficient (Wildman–Crippen LogP) is 3.32. The van der Waals surface area contributed by atoms with Gasteiger partial charge in [0.2, 0.25) is 0 Å². The minimum atomic E-state index is 0.266. The summed E-state index contributed by atoms with van der Waals surface area (Å²) in [5.74, 6) is 0.910. The molecule has 0 radical (unpaired) electrons. The van der Waals surface area contributed by atoms with E-state index in [0.717, 1.165) is 29.9 Å². The van der Waals surface area contributed by atoms with Crippen LogP contribution in [0.25, 0.3) is 0 Å². The summed E-state index contributed by atoms with van der Waals surface area (Å²) in [4.78, 5) is 3.50. The van der Waals surface area contributed by atoms with Crippen molar-refractivity contribution in [2.75, 3.05) is 11.9 Å². The zero-order chi connectivity index (χ0) is 15.4. The van der Waals surface area contributed by atoms with Crippen LogP contribution in [-0.2, 0) is 19.4 Å². The molecule has 2 aromatic rings. The Labute approximate surface area is 131 Å². The van der Waals surface area contributed by atoms with Gasteiger partial charge in [0.25, 0.3) is 0 Å². The summed E-state index contributed by atoms with van der Waals surface area (Å²) in [7, 11) is 2.07. The Bertz CT molecular complexity index is 580. The van der Waals surface area contributed by atoms with Crippen LogP contribution < -0.4 is 10.6 Å². The lowest BCUT2D eigenvalue weighted by atomic mass is 10.0. The zero-order valence-electron chi connectivity index (χ0n) is 13.3. The van der Waals surface area contributed by atoms with E-state index in [1.165, 1.54) is 10.4 Å². The second-order valence-electron chi connectivity index (χ2n) is 5.14. The molecule has 0 saturated heterocycles. The Balaban J connectivity index is 2.43. The number of nitrogens with two attached hydrogens (primary N) is 1. The summed E-state index contributed by atoms with van der Waals surface area (Å²) in [5.41, 5.74) is 9.48. The highest BCUT2D eigenvalue weighted by molar-refractivity contribution is 7.10. The summed E-state index contributed by atoms with van der Waals surface area (Å²) in [6, 6.07) is 4.50. The first kappa shape index (κ1) is 15.9. The van der Waals surface area contributed by atoms with Crippen molar-refractivity contribution in [2.45, 2.75) is 46.2 Å². The van der Waals surface area contributed by atoms with E-state index < -0.39 is 0 Å². The van der Waals surface area contributed by atoms with Gasteiger partial charge in [-0.3, -0.25) is 0 Å². The van der Waals surface area contributed by atoms with Gasteiger partial charge in [-0.25, -0.2) is 0 Å². The summed E-state index contributed by atoms with van der Waals surface area (Å²) in [6.45, 7) is 6.96. The number of aryl methyl sites for hydroxylation is 1. The van der Waals surface area contributed by atoms with Crippen LogP contribution in [0, 0.1) is 0 Å². The maximum Gasteiger partial charge on any atom is 0.156 e. The maximum absolute atomic E-state index is 6.02. The van der Waals surface area contributed by atoms with Crippen molar-refractivity contribution in [3.8, 4) is 0 Å². The number of anilines is 1. The number of hydrogen-bond acceptors (Lipinski definition) is 5. The van der Waals surface area contributed by atoms with Gasteiger partial charge in [-0.1, -0.05) is 19.9 Å². The average molecular weight is 304 g/mol. The highest BCUT2D eigenvalue weighted by Crippen LogP contribution is 2.30. The summed E-state index contributed by atoms with van der Waals surface area (Å²) in [5, 5.41) is 11.0. The first-order valence-electron chi connectivity index (χ1n) is 7.47. The molecule has 0 aliphatic carbocycles. The largest absolute Gasteiger partial charge is 0.350 e. The number of thiophene rings is 1. The molecule has 2 N–H and O–H groups in total. The lowest BCUT2D eigenvalue weighted by Gasteiger charge is -2.28. The maximum atomic E-state index is 6.02. The van der Waals surface area contributed by atoms with E-state index in [1.807, 2.05) is 0 Å². The van der Waals surface area contributed by atoms with E-state index in [1.54, 1.807) is 11.3 Å². The number of rotatable bonds is 6. The van der Waals surface area contributed by atoms with Gasteiger partial charge < -0.3 is 10.6 Å². The monoisotopic (exact) mass is 304 g/mol. The van der Waals surface area contributed by atoms with Crippen LogP contribution in [0.15, 0.2) is 17.5 Å². The zero-order valence-corrected chi connectivity index (χ0v) is 14.1. The van der Waals surface area contributed by atoms with E-state index in [0.29, 0.717) is 6.54 Å². The topological polar surface area (TPSA) is 55.0 Å². The van der Waals surface area contributed by atoms with Gasteiger partial charge >= 0.3 is 0 Å². The smallest absolute Gasteiger partial charge is 0.156 e. The van der Waals surface area contributed by atoms with Gasteiger partial charge in [-0.2, -0.15) is 5.10 Å².